The third-order valence-electron chi connectivity index (χ3n) is 3.97. The number of nitrogens with zero attached hydrogens (tertiary/aromatic N) is 3. The highest BCUT2D eigenvalue weighted by molar-refractivity contribution is 6.54. The van der Waals surface area contributed by atoms with Gasteiger partial charge < -0.3 is 14.4 Å². The number of rotatable bonds is 6. The number of carbonyl (C=O) groups is 1. The van der Waals surface area contributed by atoms with E-state index in [1.165, 1.54) is 0 Å². The first-order valence-corrected chi connectivity index (χ1v) is 8.47. The number of para-hydroxylation sites is 1. The highest BCUT2D eigenvalue weighted by Gasteiger charge is 2.30. The van der Waals surface area contributed by atoms with Crippen LogP contribution in [-0.4, -0.2) is 38.1 Å². The molecule has 0 aliphatic carbocycles. The van der Waals surface area contributed by atoms with E-state index < -0.39 is 0 Å². The minimum absolute atomic E-state index is 0.163. The van der Waals surface area contributed by atoms with Crippen LogP contribution in [0.15, 0.2) is 52.7 Å². The number of carbonyl (C=O) groups excluding carboxylic acids is 1. The zero-order chi connectivity index (χ0) is 19.2. The van der Waals surface area contributed by atoms with Crippen LogP contribution in [0, 0.1) is 12.3 Å². The maximum absolute atomic E-state index is 12.4. The molecule has 0 saturated carbocycles. The van der Waals surface area contributed by atoms with Crippen LogP contribution in [0.5, 0.6) is 11.5 Å². The molecule has 0 aromatic heterocycles. The largest absolute Gasteiger partial charge is 0.490 e. The predicted octanol–water partition coefficient (Wildman–Crippen LogP) is 2.90. The normalized spacial score (nSPS) is 14.5. The average Bonchev–Trinajstić information content (AvgIpc) is 2.93. The van der Waals surface area contributed by atoms with Crippen LogP contribution in [-0.2, 0) is 4.79 Å². The van der Waals surface area contributed by atoms with Gasteiger partial charge in [-0.2, -0.15) is 5.10 Å². The van der Waals surface area contributed by atoms with Crippen molar-refractivity contribution in [3.05, 3.63) is 53.6 Å². The molecule has 0 bridgehead atoms. The smallest absolute Gasteiger partial charge is 0.279 e. The SMILES string of the molecule is C#CCOc1ccc(/C=N\N=C2/C(=O)N(C)c3ccccc32)cc1OCC. The lowest BCUT2D eigenvalue weighted by Crippen LogP contribution is -2.25. The molecule has 0 radical (unpaired) electrons. The van der Waals surface area contributed by atoms with Gasteiger partial charge >= 0.3 is 0 Å². The lowest BCUT2D eigenvalue weighted by Gasteiger charge is -2.10. The van der Waals surface area contributed by atoms with Crippen molar-refractivity contribution in [3.8, 4) is 23.8 Å². The van der Waals surface area contributed by atoms with E-state index in [4.69, 9.17) is 15.9 Å². The van der Waals surface area contributed by atoms with Crippen LogP contribution in [0.1, 0.15) is 18.1 Å². The molecule has 2 aromatic rings. The van der Waals surface area contributed by atoms with Gasteiger partial charge in [0.25, 0.3) is 5.91 Å². The van der Waals surface area contributed by atoms with E-state index in [0.717, 1.165) is 16.8 Å². The first-order chi connectivity index (χ1) is 13.2. The molecule has 1 aliphatic rings. The van der Waals surface area contributed by atoms with Crippen molar-refractivity contribution >= 4 is 23.5 Å². The van der Waals surface area contributed by atoms with Crippen molar-refractivity contribution in [2.45, 2.75) is 6.92 Å². The highest BCUT2D eigenvalue weighted by Crippen LogP contribution is 2.29. The Labute approximate surface area is 158 Å². The number of terminal acetylenes is 1. The van der Waals surface area contributed by atoms with E-state index >= 15 is 0 Å². The molecule has 0 N–H and O–H groups in total. The fraction of sp³-hybridized carbons (Fsp3) is 0.190. The summed E-state index contributed by atoms with van der Waals surface area (Å²) in [6, 6.07) is 12.9. The van der Waals surface area contributed by atoms with Crippen LogP contribution in [0.25, 0.3) is 0 Å². The van der Waals surface area contributed by atoms with Crippen molar-refractivity contribution in [2.24, 2.45) is 10.2 Å². The van der Waals surface area contributed by atoms with E-state index in [2.05, 4.69) is 16.1 Å². The van der Waals surface area contributed by atoms with Crippen LogP contribution in [0.2, 0.25) is 0 Å². The number of hydrogen-bond acceptors (Lipinski definition) is 5. The second-order valence-electron chi connectivity index (χ2n) is 5.71. The summed E-state index contributed by atoms with van der Waals surface area (Å²) in [6.07, 6.45) is 6.79. The topological polar surface area (TPSA) is 63.5 Å². The first-order valence-electron chi connectivity index (χ1n) is 8.47. The third kappa shape index (κ3) is 3.82. The molecule has 27 heavy (non-hydrogen) atoms. The fourth-order valence-corrected chi connectivity index (χ4v) is 2.71. The maximum atomic E-state index is 12.4. The predicted molar refractivity (Wildman–Crippen MR) is 106 cm³/mol. The van der Waals surface area contributed by atoms with Crippen LogP contribution in [0.3, 0.4) is 0 Å². The minimum Gasteiger partial charge on any atom is -0.490 e. The number of hydrogen-bond donors (Lipinski definition) is 0. The molecule has 0 saturated heterocycles. The molecule has 1 heterocycles. The summed E-state index contributed by atoms with van der Waals surface area (Å²) in [7, 11) is 1.72. The van der Waals surface area contributed by atoms with Crippen LogP contribution >= 0.6 is 0 Å². The Kier molecular flexibility index (Phi) is 5.53. The Hall–Kier alpha value is -3.59. The summed E-state index contributed by atoms with van der Waals surface area (Å²) in [4.78, 5) is 13.9. The average molecular weight is 361 g/mol. The van der Waals surface area contributed by atoms with E-state index in [0.29, 0.717) is 23.8 Å². The number of anilines is 1. The monoisotopic (exact) mass is 361 g/mol. The second kappa shape index (κ2) is 8.19. The number of fused-ring (bicyclic) bond motifs is 1. The summed E-state index contributed by atoms with van der Waals surface area (Å²) in [5.41, 5.74) is 2.69. The molecule has 6 heteroatoms. The van der Waals surface area contributed by atoms with E-state index in [9.17, 15) is 4.79 Å². The molecule has 136 valence electrons. The number of likely N-dealkylation sites (N-methyl/N-ethyl adjacent to an activating group) is 1. The van der Waals surface area contributed by atoms with Crippen molar-refractivity contribution in [3.63, 3.8) is 0 Å². The molecule has 6 nitrogen and oxygen atoms in total. The molecule has 3 rings (SSSR count). The van der Waals surface area contributed by atoms with Gasteiger partial charge in [-0.05, 0) is 36.8 Å². The van der Waals surface area contributed by atoms with Crippen molar-refractivity contribution < 1.29 is 14.3 Å². The molecular weight excluding hydrogens is 342 g/mol. The molecular formula is C21H19N3O3. The zero-order valence-corrected chi connectivity index (χ0v) is 15.2. The lowest BCUT2D eigenvalue weighted by atomic mass is 10.1. The Morgan fingerprint density at radius 1 is 1.19 bits per heavy atom. The highest BCUT2D eigenvalue weighted by atomic mass is 16.5. The Balaban J connectivity index is 1.84. The summed E-state index contributed by atoms with van der Waals surface area (Å²) in [5.74, 6) is 3.39. The number of amides is 1. The van der Waals surface area contributed by atoms with Gasteiger partial charge in [-0.1, -0.05) is 24.1 Å². The van der Waals surface area contributed by atoms with Crippen LogP contribution in [0.4, 0.5) is 5.69 Å². The van der Waals surface area contributed by atoms with Crippen molar-refractivity contribution in [1.29, 1.82) is 0 Å². The molecule has 0 atom stereocenters. The lowest BCUT2D eigenvalue weighted by molar-refractivity contribution is -0.111. The zero-order valence-electron chi connectivity index (χ0n) is 15.2. The Morgan fingerprint density at radius 3 is 2.78 bits per heavy atom. The summed E-state index contributed by atoms with van der Waals surface area (Å²) in [5, 5.41) is 8.22. The molecule has 1 amide bonds. The molecule has 0 spiro atoms. The van der Waals surface area contributed by atoms with Gasteiger partial charge in [0.1, 0.15) is 6.61 Å². The van der Waals surface area contributed by atoms with Crippen molar-refractivity contribution in [1.82, 2.24) is 0 Å². The molecule has 0 unspecified atom stereocenters. The number of benzene rings is 2. The standard InChI is InChI=1S/C21H19N3O3/c1-4-12-27-18-11-10-15(13-19(18)26-5-2)14-22-23-20-16-8-6-7-9-17(16)24(3)21(20)25/h1,6-11,13-14H,5,12H2,2-3H3/b22-14-,23-20-. The van der Waals surface area contributed by atoms with Gasteiger partial charge in [-0.3, -0.25) is 4.79 Å². The Bertz CT molecular complexity index is 957. The van der Waals surface area contributed by atoms with Gasteiger partial charge in [0, 0.05) is 12.6 Å². The molecule has 1 aliphatic heterocycles. The minimum atomic E-state index is -0.179. The fourth-order valence-electron chi connectivity index (χ4n) is 2.71. The van der Waals surface area contributed by atoms with Gasteiger partial charge in [0.15, 0.2) is 17.2 Å². The summed E-state index contributed by atoms with van der Waals surface area (Å²) in [6.45, 7) is 2.54. The van der Waals surface area contributed by atoms with Crippen LogP contribution < -0.4 is 14.4 Å². The first kappa shape index (κ1) is 18.2. The Morgan fingerprint density at radius 2 is 2.00 bits per heavy atom. The van der Waals surface area contributed by atoms with Crippen molar-refractivity contribution in [2.75, 3.05) is 25.2 Å². The molecule has 2 aromatic carbocycles. The second-order valence-corrected chi connectivity index (χ2v) is 5.71. The van der Waals surface area contributed by atoms with Gasteiger partial charge in [0.2, 0.25) is 0 Å². The summed E-state index contributed by atoms with van der Waals surface area (Å²) < 4.78 is 11.0. The quantitative estimate of drug-likeness (QED) is 0.451. The summed E-state index contributed by atoms with van der Waals surface area (Å²) >= 11 is 0. The van der Waals surface area contributed by atoms with E-state index in [1.54, 1.807) is 30.3 Å². The van der Waals surface area contributed by atoms with Gasteiger partial charge in [0.05, 0.1) is 18.5 Å². The van der Waals surface area contributed by atoms with E-state index in [1.807, 2.05) is 37.3 Å². The number of ether oxygens (including phenoxy) is 2. The van der Waals surface area contributed by atoms with Gasteiger partial charge in [-0.25, -0.2) is 0 Å². The molecule has 0 fully saturated rings. The third-order valence-corrected chi connectivity index (χ3v) is 3.97. The maximum Gasteiger partial charge on any atom is 0.279 e. The van der Waals surface area contributed by atoms with Gasteiger partial charge in [-0.15, -0.1) is 11.5 Å². The van der Waals surface area contributed by atoms with E-state index in [-0.39, 0.29) is 12.5 Å².